The Morgan fingerprint density at radius 2 is 1.86 bits per heavy atom. The molecule has 2 unspecified atom stereocenters. The van der Waals surface area contributed by atoms with Crippen LogP contribution in [0.1, 0.15) is 44.5 Å². The van der Waals surface area contributed by atoms with Crippen LogP contribution in [-0.2, 0) is 9.47 Å². The summed E-state index contributed by atoms with van der Waals surface area (Å²) < 4.78 is 12.0. The van der Waals surface area contributed by atoms with Crippen molar-refractivity contribution in [2.75, 3.05) is 5.75 Å². The number of hydrogen-bond acceptors (Lipinski definition) is 4. The van der Waals surface area contributed by atoms with Crippen LogP contribution in [0.15, 0.2) is 30.3 Å². The van der Waals surface area contributed by atoms with E-state index in [4.69, 9.17) is 9.47 Å². The van der Waals surface area contributed by atoms with E-state index in [1.807, 2.05) is 18.2 Å². The Hall–Kier alpha value is -1.00. The molecule has 2 rings (SSSR count). The maximum absolute atomic E-state index is 12.4. The van der Waals surface area contributed by atoms with Crippen molar-refractivity contribution in [3.63, 3.8) is 0 Å². The first-order valence-corrected chi connectivity index (χ1v) is 9.16. The molecule has 1 aromatic rings. The van der Waals surface area contributed by atoms with Crippen molar-refractivity contribution in [3.8, 4) is 0 Å². The number of ether oxygens (including phenoxy) is 2. The van der Waals surface area contributed by atoms with E-state index in [1.165, 1.54) is 0 Å². The van der Waals surface area contributed by atoms with Gasteiger partial charge in [-0.2, -0.15) is 0 Å². The molecule has 0 radical (unpaired) electrons. The number of benzene rings is 1. The average molecular weight is 322 g/mol. The van der Waals surface area contributed by atoms with Gasteiger partial charge in [0.1, 0.15) is 11.5 Å². The third kappa shape index (κ3) is 3.85. The number of carbonyl (C=O) groups excluding carboxylic acids is 1. The summed E-state index contributed by atoms with van der Waals surface area (Å²) in [5.74, 6) is 1.36. The summed E-state index contributed by atoms with van der Waals surface area (Å²) in [6.07, 6.45) is 1.03. The largest absolute Gasteiger partial charge is 0.455 e. The van der Waals surface area contributed by atoms with E-state index in [1.54, 1.807) is 23.9 Å². The van der Waals surface area contributed by atoms with Gasteiger partial charge in [-0.05, 0) is 30.2 Å². The molecule has 122 valence electrons. The molecule has 0 spiro atoms. The molecule has 1 aliphatic rings. The molecule has 1 heterocycles. The second-order valence-electron chi connectivity index (χ2n) is 5.86. The minimum Gasteiger partial charge on any atom is -0.455 e. The van der Waals surface area contributed by atoms with E-state index >= 15 is 0 Å². The second-order valence-corrected chi connectivity index (χ2v) is 7.24. The standard InChI is InChI=1S/C18H26O3S/c1-5-15-12(3)13(4)16(18(20-15)22-6-2)21-17(19)14-10-8-7-9-11-14/h7-13,15-16,18H,5-6H2,1-4H3/t12-,13-,15?,16?,18+/m0/s1. The Morgan fingerprint density at radius 1 is 1.18 bits per heavy atom. The van der Waals surface area contributed by atoms with Crippen LogP contribution in [-0.4, -0.2) is 29.4 Å². The van der Waals surface area contributed by atoms with Crippen molar-refractivity contribution in [1.29, 1.82) is 0 Å². The summed E-state index contributed by atoms with van der Waals surface area (Å²) in [5.41, 5.74) is 0.522. The van der Waals surface area contributed by atoms with Crippen LogP contribution in [0.25, 0.3) is 0 Å². The van der Waals surface area contributed by atoms with Crippen molar-refractivity contribution in [2.45, 2.75) is 51.8 Å². The zero-order valence-corrected chi connectivity index (χ0v) is 14.6. The molecule has 0 amide bonds. The number of esters is 1. The molecule has 5 atom stereocenters. The first kappa shape index (κ1) is 17.4. The lowest BCUT2D eigenvalue weighted by Crippen LogP contribution is -2.49. The van der Waals surface area contributed by atoms with Crippen LogP contribution in [0.5, 0.6) is 0 Å². The first-order valence-electron chi connectivity index (χ1n) is 8.11. The zero-order valence-electron chi connectivity index (χ0n) is 13.8. The Balaban J connectivity index is 2.13. The molecule has 0 aromatic heterocycles. The molecule has 1 fully saturated rings. The van der Waals surface area contributed by atoms with E-state index in [0.29, 0.717) is 11.5 Å². The highest BCUT2D eigenvalue weighted by Crippen LogP contribution is 2.38. The van der Waals surface area contributed by atoms with Gasteiger partial charge in [-0.15, -0.1) is 11.8 Å². The first-order chi connectivity index (χ1) is 10.6. The Morgan fingerprint density at radius 3 is 2.45 bits per heavy atom. The van der Waals surface area contributed by atoms with Gasteiger partial charge >= 0.3 is 5.97 Å². The third-order valence-electron chi connectivity index (χ3n) is 4.50. The smallest absolute Gasteiger partial charge is 0.338 e. The lowest BCUT2D eigenvalue weighted by atomic mass is 9.83. The molecule has 3 nitrogen and oxygen atoms in total. The minimum atomic E-state index is -0.259. The van der Waals surface area contributed by atoms with Gasteiger partial charge in [0.2, 0.25) is 0 Å². The molecule has 1 saturated heterocycles. The monoisotopic (exact) mass is 322 g/mol. The van der Waals surface area contributed by atoms with Gasteiger partial charge in [-0.3, -0.25) is 0 Å². The normalized spacial score (nSPS) is 31.7. The van der Waals surface area contributed by atoms with Gasteiger partial charge in [-0.1, -0.05) is 45.9 Å². The third-order valence-corrected chi connectivity index (χ3v) is 5.54. The lowest BCUT2D eigenvalue weighted by molar-refractivity contribution is -0.137. The van der Waals surface area contributed by atoms with Crippen LogP contribution < -0.4 is 0 Å². The summed E-state index contributed by atoms with van der Waals surface area (Å²) in [5, 5.41) is 0. The summed E-state index contributed by atoms with van der Waals surface area (Å²) in [6.45, 7) is 8.61. The van der Waals surface area contributed by atoms with Crippen LogP contribution >= 0.6 is 11.8 Å². The SMILES string of the molecule is CCS[C@H]1OC(CC)[C@@H](C)[C@H](C)C1OC(=O)c1ccccc1. The summed E-state index contributed by atoms with van der Waals surface area (Å²) >= 11 is 1.72. The molecule has 22 heavy (non-hydrogen) atoms. The van der Waals surface area contributed by atoms with Crippen LogP contribution in [0.4, 0.5) is 0 Å². The summed E-state index contributed by atoms with van der Waals surface area (Å²) in [7, 11) is 0. The van der Waals surface area contributed by atoms with Gasteiger partial charge in [0.05, 0.1) is 11.7 Å². The highest BCUT2D eigenvalue weighted by molar-refractivity contribution is 7.99. The molecular weight excluding hydrogens is 296 g/mol. The Kier molecular flexibility index (Phi) is 6.33. The summed E-state index contributed by atoms with van der Waals surface area (Å²) in [6, 6.07) is 9.18. The van der Waals surface area contributed by atoms with E-state index in [0.717, 1.165) is 12.2 Å². The minimum absolute atomic E-state index is 0.0752. The van der Waals surface area contributed by atoms with Crippen molar-refractivity contribution in [1.82, 2.24) is 0 Å². The number of thioether (sulfide) groups is 1. The topological polar surface area (TPSA) is 35.5 Å². The summed E-state index contributed by atoms with van der Waals surface area (Å²) in [4.78, 5) is 12.4. The van der Waals surface area contributed by atoms with Crippen molar-refractivity contribution in [2.24, 2.45) is 11.8 Å². The molecule has 1 aromatic carbocycles. The van der Waals surface area contributed by atoms with Gasteiger partial charge < -0.3 is 9.47 Å². The maximum atomic E-state index is 12.4. The number of rotatable bonds is 5. The molecular formula is C18H26O3S. The van der Waals surface area contributed by atoms with Gasteiger partial charge in [0, 0.05) is 5.92 Å². The highest BCUT2D eigenvalue weighted by Gasteiger charge is 2.43. The van der Waals surface area contributed by atoms with Gasteiger partial charge in [0.25, 0.3) is 0 Å². The van der Waals surface area contributed by atoms with Crippen LogP contribution in [0.3, 0.4) is 0 Å². The lowest BCUT2D eigenvalue weighted by Gasteiger charge is -2.43. The predicted octanol–water partition coefficient (Wildman–Crippen LogP) is 4.37. The average Bonchev–Trinajstić information content (AvgIpc) is 2.55. The fraction of sp³-hybridized carbons (Fsp3) is 0.611. The fourth-order valence-corrected chi connectivity index (χ4v) is 4.00. The zero-order chi connectivity index (χ0) is 16.1. The molecule has 4 heteroatoms. The number of hydrogen-bond donors (Lipinski definition) is 0. The molecule has 1 aliphatic heterocycles. The molecule has 0 saturated carbocycles. The molecule has 0 bridgehead atoms. The van der Waals surface area contributed by atoms with E-state index < -0.39 is 0 Å². The molecule has 0 aliphatic carbocycles. The van der Waals surface area contributed by atoms with Crippen molar-refractivity contribution < 1.29 is 14.3 Å². The maximum Gasteiger partial charge on any atom is 0.338 e. The highest BCUT2D eigenvalue weighted by atomic mass is 32.2. The van der Waals surface area contributed by atoms with Crippen molar-refractivity contribution >= 4 is 17.7 Å². The second kappa shape index (κ2) is 8.02. The van der Waals surface area contributed by atoms with Gasteiger partial charge in [-0.25, -0.2) is 4.79 Å². The van der Waals surface area contributed by atoms with E-state index in [2.05, 4.69) is 27.7 Å². The fourth-order valence-electron chi connectivity index (χ4n) is 2.95. The predicted molar refractivity (Wildman–Crippen MR) is 91.1 cm³/mol. The van der Waals surface area contributed by atoms with Crippen LogP contribution in [0, 0.1) is 11.8 Å². The van der Waals surface area contributed by atoms with E-state index in [9.17, 15) is 4.79 Å². The molecule has 0 N–H and O–H groups in total. The Bertz CT molecular complexity index is 476. The van der Waals surface area contributed by atoms with E-state index in [-0.39, 0.29) is 29.5 Å². The quantitative estimate of drug-likeness (QED) is 0.754. The van der Waals surface area contributed by atoms with Crippen LogP contribution in [0.2, 0.25) is 0 Å². The van der Waals surface area contributed by atoms with Crippen molar-refractivity contribution in [3.05, 3.63) is 35.9 Å². The van der Waals surface area contributed by atoms with Gasteiger partial charge in [0.15, 0.2) is 0 Å². The number of carbonyl (C=O) groups is 1. The Labute approximate surface area is 137 Å².